The molecule has 0 amide bonds. The van der Waals surface area contributed by atoms with Gasteiger partial charge in [0.15, 0.2) is 0 Å². The Hall–Kier alpha value is -1.86. The molecule has 2 aromatic rings. The minimum atomic E-state index is -4.12. The van der Waals surface area contributed by atoms with Gasteiger partial charge in [0, 0.05) is 0 Å². The quantitative estimate of drug-likeness (QED) is 0.847. The van der Waals surface area contributed by atoms with Gasteiger partial charge >= 0.3 is 0 Å². The van der Waals surface area contributed by atoms with Crippen LogP contribution in [0.1, 0.15) is 5.56 Å². The van der Waals surface area contributed by atoms with Crippen LogP contribution in [0.5, 0.6) is 0 Å². The van der Waals surface area contributed by atoms with E-state index in [1.165, 1.54) is 12.1 Å². The molecule has 0 aliphatic heterocycles. The van der Waals surface area contributed by atoms with Crippen LogP contribution in [0, 0.1) is 18.6 Å². The molecule has 8 heteroatoms. The van der Waals surface area contributed by atoms with Crippen LogP contribution in [0.2, 0.25) is 5.02 Å². The smallest absolute Gasteiger partial charge is 0.263 e. The Morgan fingerprint density at radius 1 is 1.19 bits per heavy atom. The Kier molecular flexibility index (Phi) is 4.06. The summed E-state index contributed by atoms with van der Waals surface area (Å²) in [6.45, 7) is 1.61. The van der Waals surface area contributed by atoms with Crippen LogP contribution in [-0.2, 0) is 10.0 Å². The van der Waals surface area contributed by atoms with E-state index < -0.39 is 21.7 Å². The summed E-state index contributed by atoms with van der Waals surface area (Å²) >= 11 is 5.73. The van der Waals surface area contributed by atoms with Crippen LogP contribution in [0.15, 0.2) is 35.2 Å². The van der Waals surface area contributed by atoms with Gasteiger partial charge in [0.25, 0.3) is 10.0 Å². The first kappa shape index (κ1) is 15.5. The number of anilines is 2. The maximum atomic E-state index is 13.2. The number of aryl methyl sites for hydroxylation is 1. The van der Waals surface area contributed by atoms with Gasteiger partial charge < -0.3 is 5.73 Å². The summed E-state index contributed by atoms with van der Waals surface area (Å²) in [6, 6.07) is 5.38. The van der Waals surface area contributed by atoms with E-state index in [-0.39, 0.29) is 21.3 Å². The van der Waals surface area contributed by atoms with Crippen LogP contribution in [0.25, 0.3) is 0 Å². The molecule has 0 aliphatic rings. The van der Waals surface area contributed by atoms with Gasteiger partial charge in [-0.05, 0) is 36.8 Å². The SMILES string of the molecule is Cc1ccc(F)cc1NS(=O)(=O)c1cc(N)c(F)cc1Cl. The van der Waals surface area contributed by atoms with E-state index in [2.05, 4.69) is 4.72 Å². The van der Waals surface area contributed by atoms with E-state index in [4.69, 9.17) is 17.3 Å². The maximum absolute atomic E-state index is 13.2. The van der Waals surface area contributed by atoms with Crippen molar-refractivity contribution >= 4 is 33.0 Å². The van der Waals surface area contributed by atoms with E-state index in [9.17, 15) is 17.2 Å². The van der Waals surface area contributed by atoms with Crippen molar-refractivity contribution < 1.29 is 17.2 Å². The molecule has 2 rings (SSSR count). The van der Waals surface area contributed by atoms with Crippen molar-refractivity contribution in [1.29, 1.82) is 0 Å². The van der Waals surface area contributed by atoms with Crippen molar-refractivity contribution in [2.24, 2.45) is 0 Å². The van der Waals surface area contributed by atoms with Gasteiger partial charge in [-0.25, -0.2) is 17.2 Å². The molecular formula is C13H11ClF2N2O2S. The van der Waals surface area contributed by atoms with Crippen LogP contribution in [-0.4, -0.2) is 8.42 Å². The van der Waals surface area contributed by atoms with Crippen LogP contribution < -0.4 is 10.5 Å². The van der Waals surface area contributed by atoms with Gasteiger partial charge in [-0.2, -0.15) is 0 Å². The highest BCUT2D eigenvalue weighted by Gasteiger charge is 2.21. The van der Waals surface area contributed by atoms with Crippen molar-refractivity contribution in [3.63, 3.8) is 0 Å². The molecule has 4 nitrogen and oxygen atoms in total. The number of nitrogen functional groups attached to an aromatic ring is 1. The molecule has 3 N–H and O–H groups in total. The maximum Gasteiger partial charge on any atom is 0.263 e. The number of benzene rings is 2. The number of hydrogen-bond acceptors (Lipinski definition) is 3. The number of sulfonamides is 1. The van der Waals surface area contributed by atoms with E-state index in [0.717, 1.165) is 18.2 Å². The summed E-state index contributed by atoms with van der Waals surface area (Å²) in [5.74, 6) is -1.41. The fraction of sp³-hybridized carbons (Fsp3) is 0.0769. The first-order valence-electron chi connectivity index (χ1n) is 5.74. The second-order valence-corrected chi connectivity index (χ2v) is 6.43. The number of halogens is 3. The van der Waals surface area contributed by atoms with E-state index in [1.54, 1.807) is 6.92 Å². The van der Waals surface area contributed by atoms with Crippen molar-refractivity contribution in [2.45, 2.75) is 11.8 Å². The fourth-order valence-electron chi connectivity index (χ4n) is 1.65. The minimum Gasteiger partial charge on any atom is -0.396 e. The van der Waals surface area contributed by atoms with Gasteiger partial charge in [-0.15, -0.1) is 0 Å². The summed E-state index contributed by atoms with van der Waals surface area (Å²) in [7, 11) is -4.12. The van der Waals surface area contributed by atoms with Crippen molar-refractivity contribution in [2.75, 3.05) is 10.5 Å². The number of nitrogens with two attached hydrogens (primary N) is 1. The zero-order chi connectivity index (χ0) is 15.8. The predicted octanol–water partition coefficient (Wildman–Crippen LogP) is 3.31. The molecule has 0 fully saturated rings. The Balaban J connectivity index is 2.48. The van der Waals surface area contributed by atoms with Crippen molar-refractivity contribution in [3.8, 4) is 0 Å². The Bertz CT molecular complexity index is 810. The summed E-state index contributed by atoms with van der Waals surface area (Å²) in [5.41, 5.74) is 5.58. The highest BCUT2D eigenvalue weighted by atomic mass is 35.5. The highest BCUT2D eigenvalue weighted by molar-refractivity contribution is 7.92. The van der Waals surface area contributed by atoms with Crippen molar-refractivity contribution in [1.82, 2.24) is 0 Å². The van der Waals surface area contributed by atoms with Crippen LogP contribution in [0.3, 0.4) is 0 Å². The van der Waals surface area contributed by atoms with Gasteiger partial charge in [0.2, 0.25) is 0 Å². The summed E-state index contributed by atoms with van der Waals surface area (Å²) in [6.07, 6.45) is 0. The van der Waals surface area contributed by atoms with Gasteiger partial charge in [0.05, 0.1) is 16.4 Å². The third kappa shape index (κ3) is 3.25. The third-order valence-electron chi connectivity index (χ3n) is 2.78. The molecule has 2 aromatic carbocycles. The minimum absolute atomic E-state index is 0.0639. The predicted molar refractivity (Wildman–Crippen MR) is 77.8 cm³/mol. The zero-order valence-electron chi connectivity index (χ0n) is 10.8. The lowest BCUT2D eigenvalue weighted by atomic mass is 10.2. The molecule has 0 radical (unpaired) electrons. The third-order valence-corrected chi connectivity index (χ3v) is 4.61. The molecule has 0 heterocycles. The topological polar surface area (TPSA) is 72.2 Å². The normalized spacial score (nSPS) is 11.4. The largest absolute Gasteiger partial charge is 0.396 e. The molecule has 0 spiro atoms. The molecule has 0 bridgehead atoms. The van der Waals surface area contributed by atoms with E-state index in [0.29, 0.717) is 5.56 Å². The second kappa shape index (κ2) is 5.50. The molecule has 0 saturated heterocycles. The fourth-order valence-corrected chi connectivity index (χ4v) is 3.33. The second-order valence-electron chi connectivity index (χ2n) is 4.37. The first-order valence-corrected chi connectivity index (χ1v) is 7.60. The molecule has 0 unspecified atom stereocenters. The standard InChI is InChI=1S/C13H11ClF2N2O2S/c1-7-2-3-8(15)4-12(7)18-21(19,20)13-6-11(17)10(16)5-9(13)14/h2-6,18H,17H2,1H3. The van der Waals surface area contributed by atoms with Crippen LogP contribution in [0.4, 0.5) is 20.2 Å². The van der Waals surface area contributed by atoms with Crippen molar-refractivity contribution in [3.05, 3.63) is 52.6 Å². The Morgan fingerprint density at radius 2 is 1.86 bits per heavy atom. The first-order chi connectivity index (χ1) is 9.70. The van der Waals surface area contributed by atoms with E-state index >= 15 is 0 Å². The number of rotatable bonds is 3. The molecule has 21 heavy (non-hydrogen) atoms. The lowest BCUT2D eigenvalue weighted by Gasteiger charge is -2.12. The summed E-state index contributed by atoms with van der Waals surface area (Å²) in [5, 5.41) is -0.316. The number of nitrogens with one attached hydrogen (secondary N) is 1. The van der Waals surface area contributed by atoms with Gasteiger partial charge in [0.1, 0.15) is 16.5 Å². The molecular weight excluding hydrogens is 322 g/mol. The lowest BCUT2D eigenvalue weighted by molar-refractivity contribution is 0.600. The molecule has 0 atom stereocenters. The van der Waals surface area contributed by atoms with E-state index in [1.807, 2.05) is 0 Å². The molecule has 0 saturated carbocycles. The molecule has 0 aliphatic carbocycles. The molecule has 112 valence electrons. The van der Waals surface area contributed by atoms with Gasteiger partial charge in [-0.1, -0.05) is 17.7 Å². The summed E-state index contributed by atoms with van der Waals surface area (Å²) in [4.78, 5) is -0.383. The Labute approximate surface area is 125 Å². The summed E-state index contributed by atoms with van der Waals surface area (Å²) < 4.78 is 53.1. The van der Waals surface area contributed by atoms with Gasteiger partial charge in [-0.3, -0.25) is 4.72 Å². The highest BCUT2D eigenvalue weighted by Crippen LogP contribution is 2.28. The Morgan fingerprint density at radius 3 is 2.52 bits per heavy atom. The number of hydrogen-bond donors (Lipinski definition) is 2. The monoisotopic (exact) mass is 332 g/mol. The average molecular weight is 333 g/mol. The average Bonchev–Trinajstić information content (AvgIpc) is 2.37. The van der Waals surface area contributed by atoms with Crippen LogP contribution >= 0.6 is 11.6 Å². The molecule has 0 aromatic heterocycles. The lowest BCUT2D eigenvalue weighted by Crippen LogP contribution is -2.15. The zero-order valence-corrected chi connectivity index (χ0v) is 12.4.